The van der Waals surface area contributed by atoms with Crippen LogP contribution in [0.2, 0.25) is 0 Å². The maximum absolute atomic E-state index is 12.2. The lowest BCUT2D eigenvalue weighted by Crippen LogP contribution is -2.29. The summed E-state index contributed by atoms with van der Waals surface area (Å²) < 4.78 is 1.77. The number of hydrogen-bond donors (Lipinski definition) is 1. The Morgan fingerprint density at radius 1 is 1.14 bits per heavy atom. The summed E-state index contributed by atoms with van der Waals surface area (Å²) in [7, 11) is 0. The molecule has 108 valence electrons. The van der Waals surface area contributed by atoms with Crippen molar-refractivity contribution in [3.05, 3.63) is 53.3 Å². The summed E-state index contributed by atoms with van der Waals surface area (Å²) in [5.74, 6) is -0.914. The molecule has 0 bridgehead atoms. The van der Waals surface area contributed by atoms with E-state index in [9.17, 15) is 14.7 Å². The van der Waals surface area contributed by atoms with E-state index in [1.807, 2.05) is 31.2 Å². The second-order valence-corrected chi connectivity index (χ2v) is 5.06. The van der Waals surface area contributed by atoms with Crippen molar-refractivity contribution < 1.29 is 14.7 Å². The van der Waals surface area contributed by atoms with Crippen molar-refractivity contribution in [2.75, 3.05) is 4.90 Å². The fourth-order valence-electron chi connectivity index (χ4n) is 2.76. The summed E-state index contributed by atoms with van der Waals surface area (Å²) in [6.45, 7) is 2.70. The summed E-state index contributed by atoms with van der Waals surface area (Å²) in [6.07, 6.45) is 0.417. The van der Waals surface area contributed by atoms with Crippen LogP contribution in [0.1, 0.15) is 35.1 Å². The molecule has 1 aliphatic heterocycles. The number of carbonyl (C=O) groups excluding carboxylic acids is 1. The lowest BCUT2D eigenvalue weighted by Gasteiger charge is -2.22. The minimum absolute atomic E-state index is 0.0361. The largest absolute Gasteiger partial charge is 0.477 e. The second kappa shape index (κ2) is 5.09. The van der Waals surface area contributed by atoms with E-state index in [4.69, 9.17) is 0 Å². The van der Waals surface area contributed by atoms with Crippen LogP contribution in [-0.2, 0) is 17.9 Å². The molecule has 0 radical (unpaired) electrons. The van der Waals surface area contributed by atoms with Gasteiger partial charge in [0.05, 0.1) is 13.1 Å². The van der Waals surface area contributed by atoms with Crippen molar-refractivity contribution >= 4 is 17.6 Å². The van der Waals surface area contributed by atoms with E-state index in [0.717, 1.165) is 16.9 Å². The van der Waals surface area contributed by atoms with E-state index in [2.05, 4.69) is 0 Å². The first-order valence-corrected chi connectivity index (χ1v) is 6.91. The van der Waals surface area contributed by atoms with E-state index in [0.29, 0.717) is 19.5 Å². The number of nitrogens with zero attached hydrogens (tertiary/aromatic N) is 2. The average molecular weight is 284 g/mol. The van der Waals surface area contributed by atoms with Crippen LogP contribution in [0.5, 0.6) is 0 Å². The number of rotatable bonds is 2. The highest BCUT2D eigenvalue weighted by atomic mass is 16.4. The fraction of sp³-hybridized carbons (Fsp3) is 0.250. The van der Waals surface area contributed by atoms with Gasteiger partial charge < -0.3 is 14.6 Å². The molecule has 1 N–H and O–H groups in total. The molecule has 1 aromatic carbocycles. The summed E-state index contributed by atoms with van der Waals surface area (Å²) in [5.41, 5.74) is 2.91. The van der Waals surface area contributed by atoms with Crippen LogP contribution in [0.15, 0.2) is 36.4 Å². The standard InChI is InChI=1S/C16H16N2O3/c1-2-15(19)18-10-12-7-8-14(16(20)21)17(12)9-11-5-3-4-6-13(11)18/h3-8H,2,9-10H2,1H3,(H,20,21). The Morgan fingerprint density at radius 3 is 2.62 bits per heavy atom. The third kappa shape index (κ3) is 2.20. The topological polar surface area (TPSA) is 62.5 Å². The number of aromatic nitrogens is 1. The third-order valence-corrected chi connectivity index (χ3v) is 3.82. The van der Waals surface area contributed by atoms with Gasteiger partial charge in [-0.2, -0.15) is 0 Å². The SMILES string of the molecule is CCC(=O)N1Cc2ccc(C(=O)O)n2Cc2ccccc21. The van der Waals surface area contributed by atoms with Crippen LogP contribution in [-0.4, -0.2) is 21.6 Å². The molecule has 0 fully saturated rings. The van der Waals surface area contributed by atoms with E-state index < -0.39 is 5.97 Å². The quantitative estimate of drug-likeness (QED) is 0.921. The molecule has 0 atom stereocenters. The first kappa shape index (κ1) is 13.4. The first-order valence-electron chi connectivity index (χ1n) is 6.91. The molecule has 0 saturated heterocycles. The number of anilines is 1. The monoisotopic (exact) mass is 284 g/mol. The van der Waals surface area contributed by atoms with Gasteiger partial charge in [0, 0.05) is 17.8 Å². The number of carboxylic acid groups (broad SMARTS) is 1. The lowest BCUT2D eigenvalue weighted by molar-refractivity contribution is -0.118. The number of carboxylic acids is 1. The molecule has 0 saturated carbocycles. The van der Waals surface area contributed by atoms with Crippen LogP contribution in [0.25, 0.3) is 0 Å². The Balaban J connectivity index is 2.15. The molecule has 0 aliphatic carbocycles. The Bertz CT molecular complexity index is 718. The van der Waals surface area contributed by atoms with E-state index in [-0.39, 0.29) is 11.6 Å². The Morgan fingerprint density at radius 2 is 1.90 bits per heavy atom. The zero-order valence-electron chi connectivity index (χ0n) is 11.7. The van der Waals surface area contributed by atoms with Crippen LogP contribution in [0.3, 0.4) is 0 Å². The van der Waals surface area contributed by atoms with Gasteiger partial charge in [-0.25, -0.2) is 4.79 Å². The number of fused-ring (bicyclic) bond motifs is 2. The highest BCUT2D eigenvalue weighted by Crippen LogP contribution is 2.29. The van der Waals surface area contributed by atoms with E-state index in [1.54, 1.807) is 21.6 Å². The molecule has 1 amide bonds. The molecule has 3 rings (SSSR count). The smallest absolute Gasteiger partial charge is 0.352 e. The average Bonchev–Trinajstić information content (AvgIpc) is 2.80. The Hall–Kier alpha value is -2.56. The van der Waals surface area contributed by atoms with Crippen LogP contribution < -0.4 is 4.90 Å². The van der Waals surface area contributed by atoms with Crippen molar-refractivity contribution in [1.29, 1.82) is 0 Å². The maximum atomic E-state index is 12.2. The van der Waals surface area contributed by atoms with Gasteiger partial charge in [0.25, 0.3) is 0 Å². The molecule has 0 unspecified atom stereocenters. The van der Waals surface area contributed by atoms with Crippen molar-refractivity contribution in [2.45, 2.75) is 26.4 Å². The van der Waals surface area contributed by atoms with Crippen molar-refractivity contribution in [3.63, 3.8) is 0 Å². The molecule has 5 heteroatoms. The molecule has 2 aromatic rings. The fourth-order valence-corrected chi connectivity index (χ4v) is 2.76. The number of aromatic carboxylic acids is 1. The van der Waals surface area contributed by atoms with Gasteiger partial charge >= 0.3 is 5.97 Å². The summed E-state index contributed by atoms with van der Waals surface area (Å²) >= 11 is 0. The number of para-hydroxylation sites is 1. The molecule has 21 heavy (non-hydrogen) atoms. The van der Waals surface area contributed by atoms with Crippen molar-refractivity contribution in [2.24, 2.45) is 0 Å². The summed E-state index contributed by atoms with van der Waals surface area (Å²) in [6, 6.07) is 11.0. The van der Waals surface area contributed by atoms with E-state index >= 15 is 0 Å². The predicted molar refractivity (Wildman–Crippen MR) is 78.4 cm³/mol. The molecule has 5 nitrogen and oxygen atoms in total. The number of hydrogen-bond acceptors (Lipinski definition) is 2. The molecule has 1 aromatic heterocycles. The lowest BCUT2D eigenvalue weighted by atomic mass is 10.1. The maximum Gasteiger partial charge on any atom is 0.352 e. The minimum atomic E-state index is -0.950. The van der Waals surface area contributed by atoms with Crippen LogP contribution in [0, 0.1) is 0 Å². The minimum Gasteiger partial charge on any atom is -0.477 e. The highest BCUT2D eigenvalue weighted by molar-refractivity contribution is 5.94. The Labute approximate surface area is 122 Å². The number of benzene rings is 1. The van der Waals surface area contributed by atoms with Gasteiger partial charge in [-0.1, -0.05) is 25.1 Å². The second-order valence-electron chi connectivity index (χ2n) is 5.06. The molecule has 2 heterocycles. The van der Waals surface area contributed by atoms with Gasteiger partial charge in [-0.05, 0) is 23.8 Å². The molecule has 0 spiro atoms. The normalized spacial score (nSPS) is 13.3. The number of carbonyl (C=O) groups is 2. The molecular formula is C16H16N2O3. The van der Waals surface area contributed by atoms with Crippen molar-refractivity contribution in [1.82, 2.24) is 4.57 Å². The summed E-state index contributed by atoms with van der Waals surface area (Å²) in [4.78, 5) is 25.3. The van der Waals surface area contributed by atoms with Crippen LogP contribution in [0.4, 0.5) is 5.69 Å². The van der Waals surface area contributed by atoms with Gasteiger partial charge in [-0.3, -0.25) is 4.79 Å². The van der Waals surface area contributed by atoms with Gasteiger partial charge in [-0.15, -0.1) is 0 Å². The number of amides is 1. The van der Waals surface area contributed by atoms with E-state index in [1.165, 1.54) is 0 Å². The highest BCUT2D eigenvalue weighted by Gasteiger charge is 2.25. The van der Waals surface area contributed by atoms with Gasteiger partial charge in [0.1, 0.15) is 5.69 Å². The van der Waals surface area contributed by atoms with Gasteiger partial charge in [0.15, 0.2) is 0 Å². The molecular weight excluding hydrogens is 268 g/mol. The zero-order chi connectivity index (χ0) is 15.0. The first-order chi connectivity index (χ1) is 10.1. The van der Waals surface area contributed by atoms with Crippen molar-refractivity contribution in [3.8, 4) is 0 Å². The Kier molecular flexibility index (Phi) is 3.25. The zero-order valence-corrected chi connectivity index (χ0v) is 11.7. The predicted octanol–water partition coefficient (Wildman–Crippen LogP) is 2.49. The summed E-state index contributed by atoms with van der Waals surface area (Å²) in [5, 5.41) is 9.29. The van der Waals surface area contributed by atoms with Crippen LogP contribution >= 0.6 is 0 Å². The van der Waals surface area contributed by atoms with Gasteiger partial charge in [0.2, 0.25) is 5.91 Å². The molecule has 1 aliphatic rings. The third-order valence-electron chi connectivity index (χ3n) is 3.82.